The van der Waals surface area contributed by atoms with E-state index in [9.17, 15) is 19.7 Å². The van der Waals surface area contributed by atoms with E-state index < -0.39 is 23.4 Å². The Morgan fingerprint density at radius 1 is 1.10 bits per heavy atom. The van der Waals surface area contributed by atoms with Gasteiger partial charge in [0.15, 0.2) is 6.61 Å². The number of nitro groups is 1. The van der Waals surface area contributed by atoms with E-state index >= 15 is 0 Å². The Kier molecular flexibility index (Phi) is 5.68. The standard InChI is InChI=1S/C20H18N4O5/c1-13-19(14(2)23(22-13)15-8-4-3-5-9-15)20(26)29-12-18(25)21-16-10-6-7-11-17(16)24(27)28/h3-11H,12H2,1-2H3,(H,21,25). The molecule has 3 aromatic rings. The molecule has 3 rings (SSSR count). The van der Waals surface area contributed by atoms with Crippen molar-refractivity contribution in [3.8, 4) is 5.69 Å². The van der Waals surface area contributed by atoms with Gasteiger partial charge in [-0.25, -0.2) is 9.48 Å². The summed E-state index contributed by atoms with van der Waals surface area (Å²) in [5.41, 5.74) is 1.90. The molecule has 0 aliphatic carbocycles. The number of benzene rings is 2. The van der Waals surface area contributed by atoms with Gasteiger partial charge in [0.05, 0.1) is 22.0 Å². The molecule has 29 heavy (non-hydrogen) atoms. The molecule has 2 aromatic carbocycles. The number of esters is 1. The Morgan fingerprint density at radius 3 is 2.45 bits per heavy atom. The van der Waals surface area contributed by atoms with E-state index in [1.54, 1.807) is 24.6 Å². The number of nitrogens with one attached hydrogen (secondary N) is 1. The third-order valence-corrected chi connectivity index (χ3v) is 4.21. The van der Waals surface area contributed by atoms with E-state index in [0.717, 1.165) is 5.69 Å². The van der Waals surface area contributed by atoms with E-state index in [-0.39, 0.29) is 16.9 Å². The van der Waals surface area contributed by atoms with Crippen molar-refractivity contribution in [2.24, 2.45) is 0 Å². The molecule has 0 aliphatic heterocycles. The van der Waals surface area contributed by atoms with Crippen LogP contribution in [0.3, 0.4) is 0 Å². The van der Waals surface area contributed by atoms with Crippen LogP contribution in [0.15, 0.2) is 54.6 Å². The summed E-state index contributed by atoms with van der Waals surface area (Å²) in [4.78, 5) is 35.0. The van der Waals surface area contributed by atoms with Gasteiger partial charge >= 0.3 is 5.97 Å². The van der Waals surface area contributed by atoms with Crippen LogP contribution in [0.2, 0.25) is 0 Å². The molecule has 9 heteroatoms. The second-order valence-corrected chi connectivity index (χ2v) is 6.19. The number of nitro benzene ring substituents is 1. The molecule has 0 aliphatic rings. The van der Waals surface area contributed by atoms with Crippen molar-refractivity contribution in [1.82, 2.24) is 9.78 Å². The number of ether oxygens (including phenoxy) is 1. The van der Waals surface area contributed by atoms with Crippen molar-refractivity contribution in [3.63, 3.8) is 0 Å². The van der Waals surface area contributed by atoms with Crippen molar-refractivity contribution >= 4 is 23.3 Å². The zero-order valence-corrected chi connectivity index (χ0v) is 15.8. The lowest BCUT2D eigenvalue weighted by molar-refractivity contribution is -0.383. The molecule has 0 radical (unpaired) electrons. The Balaban J connectivity index is 1.70. The molecule has 1 N–H and O–H groups in total. The lowest BCUT2D eigenvalue weighted by atomic mass is 10.2. The fourth-order valence-corrected chi connectivity index (χ4v) is 2.89. The van der Waals surface area contributed by atoms with E-state index in [1.165, 1.54) is 18.2 Å². The summed E-state index contributed by atoms with van der Waals surface area (Å²) < 4.78 is 6.72. The second kappa shape index (κ2) is 8.34. The maximum atomic E-state index is 12.5. The molecular formula is C20H18N4O5. The quantitative estimate of drug-likeness (QED) is 0.390. The summed E-state index contributed by atoms with van der Waals surface area (Å²) in [5.74, 6) is -1.38. The van der Waals surface area contributed by atoms with E-state index in [0.29, 0.717) is 11.4 Å². The van der Waals surface area contributed by atoms with Crippen LogP contribution in [-0.4, -0.2) is 33.2 Å². The molecule has 0 spiro atoms. The molecule has 0 saturated heterocycles. The number of rotatable bonds is 6. The van der Waals surface area contributed by atoms with E-state index in [1.807, 2.05) is 30.3 Å². The molecule has 0 fully saturated rings. The first kappa shape index (κ1) is 19.7. The number of carbonyl (C=O) groups excluding carboxylic acids is 2. The fraction of sp³-hybridized carbons (Fsp3) is 0.150. The Morgan fingerprint density at radius 2 is 1.76 bits per heavy atom. The molecule has 1 aromatic heterocycles. The number of para-hydroxylation sites is 3. The lowest BCUT2D eigenvalue weighted by Crippen LogP contribution is -2.22. The van der Waals surface area contributed by atoms with Gasteiger partial charge in [0.25, 0.3) is 11.6 Å². The number of aromatic nitrogens is 2. The number of aryl methyl sites for hydroxylation is 1. The number of nitrogens with zero attached hydrogens (tertiary/aromatic N) is 3. The Labute approximate surface area is 166 Å². The van der Waals surface area contributed by atoms with Crippen LogP contribution in [0, 0.1) is 24.0 Å². The molecule has 9 nitrogen and oxygen atoms in total. The van der Waals surface area contributed by atoms with Crippen LogP contribution in [0.25, 0.3) is 5.69 Å². The summed E-state index contributed by atoms with van der Waals surface area (Å²) in [5, 5.41) is 17.8. The van der Waals surface area contributed by atoms with Crippen LogP contribution in [0.1, 0.15) is 21.7 Å². The Hall–Kier alpha value is -4.01. The first-order valence-electron chi connectivity index (χ1n) is 8.70. The van der Waals surface area contributed by atoms with E-state index in [2.05, 4.69) is 10.4 Å². The van der Waals surface area contributed by atoms with Crippen molar-refractivity contribution in [2.45, 2.75) is 13.8 Å². The zero-order chi connectivity index (χ0) is 21.0. The van der Waals surface area contributed by atoms with Gasteiger partial charge < -0.3 is 10.1 Å². The van der Waals surface area contributed by atoms with Gasteiger partial charge in [-0.2, -0.15) is 5.10 Å². The SMILES string of the molecule is Cc1nn(-c2ccccc2)c(C)c1C(=O)OCC(=O)Nc1ccccc1[N+](=O)[O-]. The highest BCUT2D eigenvalue weighted by atomic mass is 16.6. The normalized spacial score (nSPS) is 10.4. The van der Waals surface area contributed by atoms with Crippen molar-refractivity contribution < 1.29 is 19.2 Å². The minimum atomic E-state index is -0.695. The summed E-state index contributed by atoms with van der Waals surface area (Å²) >= 11 is 0. The van der Waals surface area contributed by atoms with Gasteiger partial charge in [0.2, 0.25) is 0 Å². The summed E-state index contributed by atoms with van der Waals surface area (Å²) in [7, 11) is 0. The monoisotopic (exact) mass is 394 g/mol. The molecular weight excluding hydrogens is 376 g/mol. The second-order valence-electron chi connectivity index (χ2n) is 6.19. The zero-order valence-electron chi connectivity index (χ0n) is 15.8. The van der Waals surface area contributed by atoms with Crippen LogP contribution < -0.4 is 5.32 Å². The third kappa shape index (κ3) is 4.29. The average molecular weight is 394 g/mol. The molecule has 1 amide bonds. The first-order valence-corrected chi connectivity index (χ1v) is 8.70. The molecule has 1 heterocycles. The summed E-state index contributed by atoms with van der Waals surface area (Å²) in [6.45, 7) is 2.83. The van der Waals surface area contributed by atoms with Gasteiger partial charge in [-0.05, 0) is 32.0 Å². The maximum Gasteiger partial charge on any atom is 0.342 e. The van der Waals surface area contributed by atoms with Gasteiger partial charge in [-0.1, -0.05) is 30.3 Å². The molecule has 0 atom stereocenters. The minimum absolute atomic E-state index is 0.0304. The minimum Gasteiger partial charge on any atom is -0.452 e. The number of hydrogen-bond acceptors (Lipinski definition) is 6. The molecule has 0 bridgehead atoms. The largest absolute Gasteiger partial charge is 0.452 e. The van der Waals surface area contributed by atoms with Crippen molar-refractivity contribution in [1.29, 1.82) is 0 Å². The average Bonchev–Trinajstić information content (AvgIpc) is 3.01. The summed E-state index contributed by atoms with van der Waals surface area (Å²) in [6.07, 6.45) is 0. The third-order valence-electron chi connectivity index (χ3n) is 4.21. The summed E-state index contributed by atoms with van der Waals surface area (Å²) in [6, 6.07) is 15.0. The maximum absolute atomic E-state index is 12.5. The van der Waals surface area contributed by atoms with Gasteiger partial charge in [0.1, 0.15) is 11.3 Å². The predicted octanol–water partition coefficient (Wildman–Crippen LogP) is 3.19. The van der Waals surface area contributed by atoms with Gasteiger partial charge in [-0.15, -0.1) is 0 Å². The highest BCUT2D eigenvalue weighted by Crippen LogP contribution is 2.23. The van der Waals surface area contributed by atoms with Crippen molar-refractivity contribution in [3.05, 3.63) is 81.7 Å². The van der Waals surface area contributed by atoms with Crippen LogP contribution >= 0.6 is 0 Å². The highest BCUT2D eigenvalue weighted by molar-refractivity contribution is 5.97. The van der Waals surface area contributed by atoms with E-state index in [4.69, 9.17) is 4.74 Å². The van der Waals surface area contributed by atoms with Gasteiger partial charge in [-0.3, -0.25) is 14.9 Å². The number of amides is 1. The van der Waals surface area contributed by atoms with Crippen LogP contribution in [-0.2, 0) is 9.53 Å². The van der Waals surface area contributed by atoms with Gasteiger partial charge in [0, 0.05) is 6.07 Å². The van der Waals surface area contributed by atoms with Crippen molar-refractivity contribution in [2.75, 3.05) is 11.9 Å². The predicted molar refractivity (Wildman–Crippen MR) is 105 cm³/mol. The number of anilines is 1. The van der Waals surface area contributed by atoms with Crippen LogP contribution in [0.4, 0.5) is 11.4 Å². The molecule has 0 unspecified atom stereocenters. The molecule has 148 valence electrons. The topological polar surface area (TPSA) is 116 Å². The first-order chi connectivity index (χ1) is 13.9. The molecule has 0 saturated carbocycles. The smallest absolute Gasteiger partial charge is 0.342 e. The highest BCUT2D eigenvalue weighted by Gasteiger charge is 2.22. The lowest BCUT2D eigenvalue weighted by Gasteiger charge is -2.08. The number of carbonyl (C=O) groups is 2. The van der Waals surface area contributed by atoms with Crippen LogP contribution in [0.5, 0.6) is 0 Å². The number of hydrogen-bond donors (Lipinski definition) is 1. The Bertz CT molecular complexity index is 1080. The fourth-order valence-electron chi connectivity index (χ4n) is 2.89.